The van der Waals surface area contributed by atoms with E-state index in [2.05, 4.69) is 15.6 Å². The van der Waals surface area contributed by atoms with E-state index in [0.717, 1.165) is 10.8 Å². The number of amides is 2. The number of rotatable bonds is 9. The number of alkyl halides is 3. The zero-order valence-corrected chi connectivity index (χ0v) is 17.6. The number of hydrogen-bond donors (Lipinski definition) is 3. The van der Waals surface area contributed by atoms with E-state index in [-0.39, 0.29) is 18.2 Å². The molecule has 0 saturated heterocycles. The molecular weight excluding hydrogens is 413 g/mol. The molecule has 0 radical (unpaired) electrons. The highest BCUT2D eigenvalue weighted by atomic mass is 19.4. The molecule has 2 aromatic rings. The fraction of sp³-hybridized carbons (Fsp3) is 0.476. The largest absolute Gasteiger partial charge is 0.424 e. The van der Waals surface area contributed by atoms with E-state index in [1.54, 1.807) is 30.3 Å². The van der Waals surface area contributed by atoms with Gasteiger partial charge >= 0.3 is 6.18 Å². The van der Waals surface area contributed by atoms with Crippen molar-refractivity contribution in [3.05, 3.63) is 54.1 Å². The van der Waals surface area contributed by atoms with Gasteiger partial charge in [0.05, 0.1) is 0 Å². The predicted octanol–water partition coefficient (Wildman–Crippen LogP) is 2.58. The summed E-state index contributed by atoms with van der Waals surface area (Å²) in [7, 11) is 1.34. The van der Waals surface area contributed by atoms with Gasteiger partial charge in [0.25, 0.3) is 0 Å². The summed E-state index contributed by atoms with van der Waals surface area (Å²) in [6, 6.07) is 7.32. The average Bonchev–Trinajstić information content (AvgIpc) is 3.11. The monoisotopic (exact) mass is 440 g/mol. The summed E-state index contributed by atoms with van der Waals surface area (Å²) in [4.78, 5) is 28.6. The maximum absolute atomic E-state index is 13.6. The van der Waals surface area contributed by atoms with Crippen molar-refractivity contribution in [1.82, 2.24) is 20.2 Å². The van der Waals surface area contributed by atoms with Gasteiger partial charge in [0.15, 0.2) is 0 Å². The van der Waals surface area contributed by atoms with Crippen LogP contribution in [0.25, 0.3) is 0 Å². The van der Waals surface area contributed by atoms with E-state index < -0.39 is 42.5 Å². The van der Waals surface area contributed by atoms with Crippen LogP contribution in [-0.4, -0.2) is 39.2 Å². The highest BCUT2D eigenvalue weighted by Gasteiger charge is 2.57. The first kappa shape index (κ1) is 24.4. The maximum atomic E-state index is 13.6. The van der Waals surface area contributed by atoms with Crippen LogP contribution in [0.2, 0.25) is 0 Å². The van der Waals surface area contributed by atoms with E-state index in [1.165, 1.54) is 13.2 Å². The topological polar surface area (TPSA) is 96.2 Å². The molecule has 31 heavy (non-hydrogen) atoms. The molecule has 10 heteroatoms. The number of nitrogens with zero attached hydrogens (tertiary/aromatic N) is 2. The van der Waals surface area contributed by atoms with Crippen LogP contribution in [0.3, 0.4) is 0 Å². The Labute approximate surface area is 178 Å². The van der Waals surface area contributed by atoms with Crippen molar-refractivity contribution < 1.29 is 27.9 Å². The number of halogens is 3. The normalized spacial score (nSPS) is 14.7. The Morgan fingerprint density at radius 3 is 2.35 bits per heavy atom. The molecule has 2 rings (SSSR count). The number of aryl methyl sites for hydroxylation is 1. The number of aliphatic hydroxyl groups is 1. The summed E-state index contributed by atoms with van der Waals surface area (Å²) in [5.74, 6) is -1.52. The number of nitrogens with one attached hydrogen (secondary N) is 2. The van der Waals surface area contributed by atoms with Crippen LogP contribution in [0.1, 0.15) is 44.1 Å². The molecule has 2 amide bonds. The molecule has 2 atom stereocenters. The fourth-order valence-electron chi connectivity index (χ4n) is 3.15. The number of aromatic nitrogens is 2. The molecule has 2 unspecified atom stereocenters. The first-order chi connectivity index (χ1) is 14.5. The van der Waals surface area contributed by atoms with Crippen molar-refractivity contribution in [2.45, 2.75) is 44.5 Å². The molecule has 0 aliphatic carbocycles. The maximum Gasteiger partial charge on any atom is 0.424 e. The molecule has 0 aliphatic heterocycles. The second kappa shape index (κ2) is 9.95. The molecule has 7 nitrogen and oxygen atoms in total. The minimum absolute atomic E-state index is 0.0686. The average molecular weight is 440 g/mol. The van der Waals surface area contributed by atoms with Crippen molar-refractivity contribution in [3.8, 4) is 0 Å². The van der Waals surface area contributed by atoms with Crippen LogP contribution in [0.4, 0.5) is 13.2 Å². The third kappa shape index (κ3) is 6.06. The van der Waals surface area contributed by atoms with Crippen molar-refractivity contribution in [2.75, 3.05) is 6.54 Å². The molecule has 1 aromatic heterocycles. The highest BCUT2D eigenvalue weighted by Crippen LogP contribution is 2.40. The summed E-state index contributed by atoms with van der Waals surface area (Å²) >= 11 is 0. The molecule has 0 fully saturated rings. The van der Waals surface area contributed by atoms with Crippen molar-refractivity contribution >= 4 is 11.8 Å². The fourth-order valence-corrected chi connectivity index (χ4v) is 3.15. The Bertz CT molecular complexity index is 883. The lowest BCUT2D eigenvalue weighted by Crippen LogP contribution is -2.48. The third-order valence-corrected chi connectivity index (χ3v) is 4.74. The second-order valence-corrected chi connectivity index (χ2v) is 7.77. The highest BCUT2D eigenvalue weighted by molar-refractivity contribution is 5.88. The number of imidazole rings is 1. The number of carbonyl (C=O) groups is 2. The molecule has 170 valence electrons. The quantitative estimate of drug-likeness (QED) is 0.559. The van der Waals surface area contributed by atoms with E-state index in [0.29, 0.717) is 5.56 Å². The van der Waals surface area contributed by atoms with Crippen LogP contribution < -0.4 is 10.6 Å². The standard InChI is InChI=1S/C21H27F3N4O3/c1-14(2)13-16(29)27-17(15-7-5-4-6-8-15)18(30)25-10-9-20(31,21(22,23)24)19-26-11-12-28(19)3/h4-8,11-12,14,17,31H,9-10,13H2,1-3H3,(H,25,30)(H,27,29). The molecule has 1 aromatic carbocycles. The molecule has 0 saturated carbocycles. The van der Waals surface area contributed by atoms with E-state index in [9.17, 15) is 27.9 Å². The van der Waals surface area contributed by atoms with Gasteiger partial charge in [-0.1, -0.05) is 44.2 Å². The Kier molecular flexibility index (Phi) is 7.83. The summed E-state index contributed by atoms with van der Waals surface area (Å²) in [6.45, 7) is 3.23. The lowest BCUT2D eigenvalue weighted by atomic mass is 9.97. The molecular formula is C21H27F3N4O3. The number of carbonyl (C=O) groups excluding carboxylic acids is 2. The molecule has 0 aliphatic rings. The van der Waals surface area contributed by atoms with Gasteiger partial charge in [-0.15, -0.1) is 0 Å². The lowest BCUT2D eigenvalue weighted by Gasteiger charge is -2.30. The van der Waals surface area contributed by atoms with E-state index in [4.69, 9.17) is 0 Å². The van der Waals surface area contributed by atoms with Gasteiger partial charge in [-0.2, -0.15) is 13.2 Å². The zero-order chi connectivity index (χ0) is 23.2. The van der Waals surface area contributed by atoms with Crippen molar-refractivity contribution in [1.29, 1.82) is 0 Å². The van der Waals surface area contributed by atoms with Gasteiger partial charge < -0.3 is 20.3 Å². The lowest BCUT2D eigenvalue weighted by molar-refractivity contribution is -0.272. The van der Waals surface area contributed by atoms with Crippen molar-refractivity contribution in [3.63, 3.8) is 0 Å². The van der Waals surface area contributed by atoms with Crippen molar-refractivity contribution in [2.24, 2.45) is 13.0 Å². The smallest absolute Gasteiger partial charge is 0.374 e. The Balaban J connectivity index is 2.14. The Morgan fingerprint density at radius 2 is 1.84 bits per heavy atom. The van der Waals surface area contributed by atoms with Crippen LogP contribution in [0.5, 0.6) is 0 Å². The van der Waals surface area contributed by atoms with Gasteiger partial charge in [-0.25, -0.2) is 4.98 Å². The molecule has 1 heterocycles. The minimum Gasteiger partial charge on any atom is -0.374 e. The minimum atomic E-state index is -5.00. The first-order valence-corrected chi connectivity index (χ1v) is 9.84. The summed E-state index contributed by atoms with van der Waals surface area (Å²) in [5.41, 5.74) is -2.74. The van der Waals surface area contributed by atoms with Gasteiger partial charge in [0.2, 0.25) is 17.4 Å². The summed E-state index contributed by atoms with van der Waals surface area (Å²) in [5, 5.41) is 15.4. The van der Waals surface area contributed by atoms with Gasteiger partial charge in [0.1, 0.15) is 11.9 Å². The SMILES string of the molecule is CC(C)CC(=O)NC(C(=O)NCCC(O)(c1nccn1C)C(F)(F)F)c1ccccc1. The second-order valence-electron chi connectivity index (χ2n) is 7.77. The van der Waals surface area contributed by atoms with Crippen LogP contribution >= 0.6 is 0 Å². The van der Waals surface area contributed by atoms with Gasteiger partial charge in [-0.3, -0.25) is 9.59 Å². The molecule has 0 bridgehead atoms. The summed E-state index contributed by atoms with van der Waals surface area (Å²) < 4.78 is 41.9. The number of hydrogen-bond acceptors (Lipinski definition) is 4. The van der Waals surface area contributed by atoms with Crippen LogP contribution in [0.15, 0.2) is 42.7 Å². The van der Waals surface area contributed by atoms with Gasteiger partial charge in [0, 0.05) is 38.8 Å². The first-order valence-electron chi connectivity index (χ1n) is 9.84. The van der Waals surface area contributed by atoms with Crippen LogP contribution in [-0.2, 0) is 22.2 Å². The zero-order valence-electron chi connectivity index (χ0n) is 17.6. The number of benzene rings is 1. The Morgan fingerprint density at radius 1 is 1.19 bits per heavy atom. The predicted molar refractivity (Wildman–Crippen MR) is 108 cm³/mol. The van der Waals surface area contributed by atoms with Gasteiger partial charge in [-0.05, 0) is 11.5 Å². The Hall–Kier alpha value is -2.88. The molecule has 0 spiro atoms. The van der Waals surface area contributed by atoms with E-state index >= 15 is 0 Å². The molecule has 3 N–H and O–H groups in total. The van der Waals surface area contributed by atoms with Crippen LogP contribution in [0, 0.1) is 5.92 Å². The third-order valence-electron chi connectivity index (χ3n) is 4.74. The van der Waals surface area contributed by atoms with E-state index in [1.807, 2.05) is 13.8 Å². The summed E-state index contributed by atoms with van der Waals surface area (Å²) in [6.07, 6.45) is -3.19.